The first-order chi connectivity index (χ1) is 27.8. The first-order valence-corrected chi connectivity index (χ1v) is 19.9. The van der Waals surface area contributed by atoms with Gasteiger partial charge in [0.15, 0.2) is 11.6 Å². The highest BCUT2D eigenvalue weighted by Gasteiger charge is 2.24. The van der Waals surface area contributed by atoms with Crippen LogP contribution in [0.15, 0.2) is 158 Å². The summed E-state index contributed by atoms with van der Waals surface area (Å²) in [7, 11) is 0. The molecule has 0 radical (unpaired) electrons. The summed E-state index contributed by atoms with van der Waals surface area (Å²) in [4.78, 5) is 16.1. The lowest BCUT2D eigenvalue weighted by Crippen LogP contribution is -2.07. The lowest BCUT2D eigenvalue weighted by Gasteiger charge is -2.22. The molecule has 0 aliphatic heterocycles. The molecule has 0 bridgehead atoms. The Morgan fingerprint density at radius 2 is 1.02 bits per heavy atom. The third kappa shape index (κ3) is 4.64. The molecule has 0 amide bonds. The van der Waals surface area contributed by atoms with Gasteiger partial charge < -0.3 is 4.40 Å². The maximum atomic E-state index is 5.42. The van der Waals surface area contributed by atoms with Crippen molar-refractivity contribution in [2.75, 3.05) is 0 Å². The highest BCUT2D eigenvalue weighted by Crippen LogP contribution is 2.45. The molecule has 0 spiro atoms. The number of aromatic nitrogens is 5. The Labute approximate surface area is 323 Å². The van der Waals surface area contributed by atoms with E-state index in [1.807, 2.05) is 0 Å². The van der Waals surface area contributed by atoms with Crippen molar-refractivity contribution < 1.29 is 0 Å². The van der Waals surface area contributed by atoms with Crippen LogP contribution >= 0.6 is 0 Å². The fraction of sp³-hybridized carbons (Fsp3) is 0.118. The van der Waals surface area contributed by atoms with Crippen molar-refractivity contribution in [3.63, 3.8) is 0 Å². The maximum Gasteiger partial charge on any atom is 0.238 e. The Bertz CT molecular complexity index is 3250. The van der Waals surface area contributed by atoms with Crippen molar-refractivity contribution in [2.24, 2.45) is 0 Å². The molecule has 12 rings (SSSR count). The van der Waals surface area contributed by atoms with Crippen LogP contribution in [0.1, 0.15) is 43.6 Å². The predicted octanol–water partition coefficient (Wildman–Crippen LogP) is 13.2. The van der Waals surface area contributed by atoms with E-state index in [-0.39, 0.29) is 0 Å². The topological polar surface area (TPSA) is 48.0 Å². The Morgan fingerprint density at radius 3 is 1.75 bits per heavy atom. The molecule has 5 nitrogen and oxygen atoms in total. The lowest BCUT2D eigenvalue weighted by molar-refractivity contribution is 0.443. The van der Waals surface area contributed by atoms with E-state index in [9.17, 15) is 0 Å². The van der Waals surface area contributed by atoms with Crippen LogP contribution < -0.4 is 0 Å². The largest absolute Gasteiger partial charge is 0.308 e. The highest BCUT2D eigenvalue weighted by atomic mass is 15.2. The van der Waals surface area contributed by atoms with Crippen molar-refractivity contribution in [3.8, 4) is 39.9 Å². The molecule has 7 aromatic carbocycles. The van der Waals surface area contributed by atoms with Gasteiger partial charge in [-0.3, -0.25) is 4.57 Å². The van der Waals surface area contributed by atoms with Crippen LogP contribution in [0, 0.1) is 0 Å². The van der Waals surface area contributed by atoms with Crippen molar-refractivity contribution in [2.45, 2.75) is 38.0 Å². The molecule has 0 unspecified atom stereocenters. The Kier molecular flexibility index (Phi) is 6.94. The monoisotopic (exact) mass is 719 g/mol. The van der Waals surface area contributed by atoms with Crippen LogP contribution in [0.2, 0.25) is 0 Å². The maximum absolute atomic E-state index is 5.42. The summed E-state index contributed by atoms with van der Waals surface area (Å²) in [5, 5.41) is 7.38. The van der Waals surface area contributed by atoms with Gasteiger partial charge in [0.2, 0.25) is 5.95 Å². The highest BCUT2D eigenvalue weighted by molar-refractivity contribution is 6.27. The van der Waals surface area contributed by atoms with Crippen molar-refractivity contribution in [1.29, 1.82) is 0 Å². The minimum absolute atomic E-state index is 0.573. The van der Waals surface area contributed by atoms with Crippen LogP contribution in [0.3, 0.4) is 0 Å². The van der Waals surface area contributed by atoms with E-state index in [2.05, 4.69) is 167 Å². The number of hydrogen-bond acceptors (Lipinski definition) is 3. The van der Waals surface area contributed by atoms with Gasteiger partial charge in [0, 0.05) is 43.4 Å². The molecule has 0 saturated heterocycles. The Hall–Kier alpha value is -6.85. The van der Waals surface area contributed by atoms with E-state index < -0.39 is 0 Å². The first kappa shape index (κ1) is 31.5. The molecule has 1 saturated carbocycles. The van der Waals surface area contributed by atoms with E-state index in [0.29, 0.717) is 23.5 Å². The minimum atomic E-state index is 0.573. The van der Waals surface area contributed by atoms with E-state index in [1.165, 1.54) is 92.1 Å². The SMILES string of the molecule is c1cc(-c2nc(-c3ccccc3-c3ccc4c5ccccc5n5c6ccccc6c3c45)nc(-n3c4ccccc4c4ccccc43)n2)cc(C2CCCCC2)c1. The molecular weight excluding hydrogens is 683 g/mol. The molecule has 1 aliphatic rings. The fourth-order valence-corrected chi connectivity index (χ4v) is 9.82. The van der Waals surface area contributed by atoms with Gasteiger partial charge in [0.1, 0.15) is 0 Å². The molecule has 0 atom stereocenters. The molecule has 1 fully saturated rings. The summed E-state index contributed by atoms with van der Waals surface area (Å²) in [6.45, 7) is 0. The van der Waals surface area contributed by atoms with Crippen LogP contribution in [-0.2, 0) is 0 Å². The summed E-state index contributed by atoms with van der Waals surface area (Å²) < 4.78 is 4.66. The summed E-state index contributed by atoms with van der Waals surface area (Å²) in [6.07, 6.45) is 6.38. The van der Waals surface area contributed by atoms with Gasteiger partial charge in [-0.1, -0.05) is 147 Å². The molecule has 4 heterocycles. The zero-order chi connectivity index (χ0) is 36.7. The minimum Gasteiger partial charge on any atom is -0.308 e. The molecule has 266 valence electrons. The number of nitrogens with zero attached hydrogens (tertiary/aromatic N) is 5. The van der Waals surface area contributed by atoms with E-state index in [1.54, 1.807) is 0 Å². The van der Waals surface area contributed by atoms with Crippen molar-refractivity contribution in [3.05, 3.63) is 163 Å². The first-order valence-electron chi connectivity index (χ1n) is 19.9. The van der Waals surface area contributed by atoms with E-state index in [0.717, 1.165) is 27.7 Å². The van der Waals surface area contributed by atoms with Crippen molar-refractivity contribution in [1.82, 2.24) is 23.9 Å². The average molecular weight is 720 g/mol. The number of fused-ring (bicyclic) bond motifs is 9. The van der Waals surface area contributed by atoms with Crippen molar-refractivity contribution >= 4 is 59.9 Å². The molecule has 0 N–H and O–H groups in total. The zero-order valence-corrected chi connectivity index (χ0v) is 30.9. The van der Waals surface area contributed by atoms with Crippen LogP contribution in [0.4, 0.5) is 0 Å². The van der Waals surface area contributed by atoms with Gasteiger partial charge in [-0.25, -0.2) is 4.98 Å². The predicted molar refractivity (Wildman–Crippen MR) is 231 cm³/mol. The van der Waals surface area contributed by atoms with Crippen LogP contribution in [-0.4, -0.2) is 23.9 Å². The third-order valence-electron chi connectivity index (χ3n) is 12.3. The molecule has 1 aliphatic carbocycles. The van der Waals surface area contributed by atoms with Gasteiger partial charge >= 0.3 is 0 Å². The smallest absolute Gasteiger partial charge is 0.238 e. The second-order valence-corrected chi connectivity index (χ2v) is 15.4. The van der Waals surface area contributed by atoms with Crippen LogP contribution in [0.25, 0.3) is 99.8 Å². The van der Waals surface area contributed by atoms with Gasteiger partial charge in [-0.2, -0.15) is 9.97 Å². The fourth-order valence-electron chi connectivity index (χ4n) is 9.82. The number of benzene rings is 7. The van der Waals surface area contributed by atoms with Gasteiger partial charge in [0.05, 0.1) is 27.6 Å². The Balaban J connectivity index is 1.13. The summed E-state index contributed by atoms with van der Waals surface area (Å²) in [5.41, 5.74) is 11.5. The van der Waals surface area contributed by atoms with Gasteiger partial charge in [-0.15, -0.1) is 0 Å². The molecule has 56 heavy (non-hydrogen) atoms. The number of hydrogen-bond donors (Lipinski definition) is 0. The Morgan fingerprint density at radius 1 is 0.429 bits per heavy atom. The van der Waals surface area contributed by atoms with E-state index in [4.69, 9.17) is 15.0 Å². The number of para-hydroxylation sites is 4. The van der Waals surface area contributed by atoms with E-state index >= 15 is 0 Å². The summed E-state index contributed by atoms with van der Waals surface area (Å²) in [5.74, 6) is 2.53. The average Bonchev–Trinajstić information content (AvgIpc) is 3.92. The molecule has 11 aromatic rings. The standard InChI is InChI=1S/C51H37N5/c1-2-15-32(16-3-1)33-17-14-18-34(31-33)49-52-50(54-51(53-49)56-44-26-11-6-20-36(44)37-21-7-12-27-45(37)56)41-23-5-4-19-35(41)39-29-30-40-38-22-8-10-25-43(38)55-46-28-13-9-24-42(46)47(39)48(40)55/h4-14,17-32H,1-3,15-16H2. The summed E-state index contributed by atoms with van der Waals surface area (Å²) >= 11 is 0. The normalized spacial score (nSPS) is 14.0. The third-order valence-corrected chi connectivity index (χ3v) is 12.3. The second kappa shape index (κ2) is 12.3. The van der Waals surface area contributed by atoms with Crippen LogP contribution in [0.5, 0.6) is 0 Å². The lowest BCUT2D eigenvalue weighted by atomic mass is 9.83. The quantitative estimate of drug-likeness (QED) is 0.178. The zero-order valence-electron chi connectivity index (χ0n) is 30.9. The molecule has 4 aromatic heterocycles. The summed E-state index contributed by atoms with van der Waals surface area (Å²) in [6, 6.07) is 56.9. The number of rotatable bonds is 5. The van der Waals surface area contributed by atoms with Gasteiger partial charge in [-0.05, 0) is 65.8 Å². The molecular formula is C51H37N5. The second-order valence-electron chi connectivity index (χ2n) is 15.4. The molecule has 5 heteroatoms. The van der Waals surface area contributed by atoms with Gasteiger partial charge in [0.25, 0.3) is 0 Å².